The molecule has 0 bridgehead atoms. The second-order valence-electron chi connectivity index (χ2n) is 5.54. The molecule has 3 rings (SSSR count). The number of thioether (sulfide) groups is 1. The van der Waals surface area contributed by atoms with E-state index in [0.29, 0.717) is 17.0 Å². The highest BCUT2D eigenvalue weighted by Crippen LogP contribution is 2.23. The normalized spacial score (nSPS) is 10.7. The van der Waals surface area contributed by atoms with E-state index >= 15 is 0 Å². The number of thiophene rings is 1. The summed E-state index contributed by atoms with van der Waals surface area (Å²) in [5.41, 5.74) is 1.64. The molecule has 26 heavy (non-hydrogen) atoms. The first-order valence-electron chi connectivity index (χ1n) is 8.05. The Labute approximate surface area is 159 Å². The molecule has 0 aliphatic carbocycles. The van der Waals surface area contributed by atoms with Gasteiger partial charge in [0.2, 0.25) is 5.91 Å². The van der Waals surface area contributed by atoms with Gasteiger partial charge in [-0.05, 0) is 30.5 Å². The topological polar surface area (TPSA) is 88.5 Å². The Hall–Kier alpha value is -2.57. The zero-order valence-corrected chi connectivity index (χ0v) is 16.1. The summed E-state index contributed by atoms with van der Waals surface area (Å²) < 4.78 is 4.08. The lowest BCUT2D eigenvalue weighted by atomic mass is 10.3. The van der Waals surface area contributed by atoms with Crippen molar-refractivity contribution < 1.29 is 4.79 Å². The van der Waals surface area contributed by atoms with Crippen molar-refractivity contribution in [3.8, 4) is 6.07 Å². The van der Waals surface area contributed by atoms with E-state index in [0.717, 1.165) is 23.2 Å². The van der Waals surface area contributed by atoms with Crippen molar-refractivity contribution in [3.05, 3.63) is 46.9 Å². The molecular formula is C17H18N6OS2. The molecule has 0 aliphatic heterocycles. The molecular weight excluding hydrogens is 368 g/mol. The molecule has 0 unspecified atom stereocenters. The summed E-state index contributed by atoms with van der Waals surface area (Å²) in [6.45, 7) is 2.77. The number of rotatable bonds is 7. The first kappa shape index (κ1) is 18.2. The Balaban J connectivity index is 1.64. The van der Waals surface area contributed by atoms with Crippen molar-refractivity contribution in [3.63, 3.8) is 0 Å². The third-order valence-electron chi connectivity index (χ3n) is 3.87. The van der Waals surface area contributed by atoms with Gasteiger partial charge in [0.1, 0.15) is 16.9 Å². The van der Waals surface area contributed by atoms with E-state index in [1.807, 2.05) is 30.8 Å². The number of anilines is 1. The van der Waals surface area contributed by atoms with Crippen LogP contribution in [0.1, 0.15) is 24.0 Å². The van der Waals surface area contributed by atoms with Crippen LogP contribution in [0.4, 0.5) is 5.00 Å². The number of aromatic nitrogens is 4. The monoisotopic (exact) mass is 386 g/mol. The molecule has 0 spiro atoms. The van der Waals surface area contributed by atoms with Crippen molar-refractivity contribution in [1.29, 1.82) is 5.26 Å². The van der Waals surface area contributed by atoms with Gasteiger partial charge >= 0.3 is 0 Å². The van der Waals surface area contributed by atoms with Gasteiger partial charge in [-0.3, -0.25) is 4.79 Å². The maximum Gasteiger partial charge on any atom is 0.235 e. The summed E-state index contributed by atoms with van der Waals surface area (Å²) in [5, 5.41) is 23.4. The fourth-order valence-electron chi connectivity index (χ4n) is 2.50. The Kier molecular flexibility index (Phi) is 5.75. The molecule has 0 atom stereocenters. The van der Waals surface area contributed by atoms with Crippen LogP contribution in [0.15, 0.2) is 34.9 Å². The first-order valence-corrected chi connectivity index (χ1v) is 9.91. The number of aryl methyl sites for hydroxylation is 1. The minimum Gasteiger partial charge on any atom is -0.354 e. The smallest absolute Gasteiger partial charge is 0.235 e. The minimum absolute atomic E-state index is 0.163. The van der Waals surface area contributed by atoms with Crippen molar-refractivity contribution in [2.24, 2.45) is 7.05 Å². The van der Waals surface area contributed by atoms with Crippen molar-refractivity contribution in [1.82, 2.24) is 19.3 Å². The second-order valence-corrected chi connectivity index (χ2v) is 7.40. The van der Waals surface area contributed by atoms with Gasteiger partial charge in [0.15, 0.2) is 5.16 Å². The zero-order chi connectivity index (χ0) is 18.5. The van der Waals surface area contributed by atoms with Crippen molar-refractivity contribution in [2.45, 2.75) is 25.0 Å². The molecule has 3 aromatic rings. The number of nitriles is 1. The molecule has 3 aromatic heterocycles. The Bertz CT molecular complexity index is 949. The SMILES string of the molecule is CCn1c(Cc2cccn2C)nnc1SCC(=O)Nc1sccc1C#N. The van der Waals surface area contributed by atoms with E-state index in [9.17, 15) is 4.79 Å². The number of nitrogens with one attached hydrogen (secondary N) is 1. The van der Waals surface area contributed by atoms with Crippen LogP contribution in [0.5, 0.6) is 0 Å². The summed E-state index contributed by atoms with van der Waals surface area (Å²) in [7, 11) is 2.00. The average molecular weight is 387 g/mol. The number of hydrogen-bond acceptors (Lipinski definition) is 6. The number of carbonyl (C=O) groups excluding carboxylic acids is 1. The predicted octanol–water partition coefficient (Wildman–Crippen LogP) is 2.89. The van der Waals surface area contributed by atoms with Crippen LogP contribution in [0, 0.1) is 11.3 Å². The summed E-state index contributed by atoms with van der Waals surface area (Å²) in [6, 6.07) is 7.81. The molecule has 0 saturated heterocycles. The van der Waals surface area contributed by atoms with Gasteiger partial charge in [0.25, 0.3) is 0 Å². The molecule has 0 aromatic carbocycles. The molecule has 0 aliphatic rings. The van der Waals surface area contributed by atoms with Crippen LogP contribution in [0.2, 0.25) is 0 Å². The molecule has 1 amide bonds. The Morgan fingerprint density at radius 3 is 2.96 bits per heavy atom. The minimum atomic E-state index is -0.163. The first-order chi connectivity index (χ1) is 12.6. The van der Waals surface area contributed by atoms with Gasteiger partial charge in [-0.2, -0.15) is 5.26 Å². The van der Waals surface area contributed by atoms with Gasteiger partial charge in [0.05, 0.1) is 11.3 Å². The third-order valence-corrected chi connectivity index (χ3v) is 5.67. The number of hydrogen-bond donors (Lipinski definition) is 1. The molecule has 134 valence electrons. The van der Waals surface area contributed by atoms with Gasteiger partial charge in [0, 0.05) is 31.9 Å². The molecule has 0 saturated carbocycles. The summed E-state index contributed by atoms with van der Waals surface area (Å²) in [6.07, 6.45) is 2.69. The van der Waals surface area contributed by atoms with E-state index < -0.39 is 0 Å². The standard InChI is InChI=1S/C17H18N6OS2/c1-3-23-14(9-13-5-4-7-22(13)2)20-21-17(23)26-11-15(24)19-16-12(10-18)6-8-25-16/h4-8H,3,9,11H2,1-2H3,(H,19,24). The summed E-state index contributed by atoms with van der Waals surface area (Å²) in [4.78, 5) is 12.2. The average Bonchev–Trinajstić information content (AvgIpc) is 3.34. The van der Waals surface area contributed by atoms with Crippen LogP contribution in [0.3, 0.4) is 0 Å². The van der Waals surface area contributed by atoms with Gasteiger partial charge in [-0.25, -0.2) is 0 Å². The predicted molar refractivity (Wildman–Crippen MR) is 102 cm³/mol. The second kappa shape index (κ2) is 8.21. The van der Waals surface area contributed by atoms with Crippen molar-refractivity contribution in [2.75, 3.05) is 11.1 Å². The molecule has 7 nitrogen and oxygen atoms in total. The van der Waals surface area contributed by atoms with E-state index in [2.05, 4.69) is 32.2 Å². The molecule has 9 heteroatoms. The van der Waals surface area contributed by atoms with Crippen LogP contribution in [-0.4, -0.2) is 31.0 Å². The highest BCUT2D eigenvalue weighted by Gasteiger charge is 2.15. The summed E-state index contributed by atoms with van der Waals surface area (Å²) in [5.74, 6) is 0.927. The van der Waals surface area contributed by atoms with Crippen molar-refractivity contribution >= 4 is 34.0 Å². The fraction of sp³-hybridized carbons (Fsp3) is 0.294. The van der Waals surface area contributed by atoms with Crippen LogP contribution < -0.4 is 5.32 Å². The maximum atomic E-state index is 12.2. The number of carbonyl (C=O) groups is 1. The lowest BCUT2D eigenvalue weighted by Crippen LogP contribution is -2.14. The Morgan fingerprint density at radius 2 is 2.27 bits per heavy atom. The largest absolute Gasteiger partial charge is 0.354 e. The maximum absolute atomic E-state index is 12.2. The quantitative estimate of drug-likeness (QED) is 0.631. The molecule has 0 fully saturated rings. The van der Waals surface area contributed by atoms with Gasteiger partial charge < -0.3 is 14.5 Å². The summed E-state index contributed by atoms with van der Waals surface area (Å²) >= 11 is 2.69. The van der Waals surface area contributed by atoms with Gasteiger partial charge in [-0.15, -0.1) is 21.5 Å². The molecule has 1 N–H and O–H groups in total. The highest BCUT2D eigenvalue weighted by atomic mass is 32.2. The van der Waals surface area contributed by atoms with E-state index in [1.165, 1.54) is 23.1 Å². The lowest BCUT2D eigenvalue weighted by molar-refractivity contribution is -0.113. The zero-order valence-electron chi connectivity index (χ0n) is 14.5. The van der Waals surface area contributed by atoms with Crippen LogP contribution >= 0.6 is 23.1 Å². The number of amides is 1. The third kappa shape index (κ3) is 3.98. The number of nitrogens with zero attached hydrogens (tertiary/aromatic N) is 5. The van der Waals surface area contributed by atoms with Crippen LogP contribution in [-0.2, 0) is 24.8 Å². The van der Waals surface area contributed by atoms with E-state index in [1.54, 1.807) is 11.4 Å². The van der Waals surface area contributed by atoms with Gasteiger partial charge in [-0.1, -0.05) is 11.8 Å². The molecule has 3 heterocycles. The molecule has 0 radical (unpaired) electrons. The Morgan fingerprint density at radius 1 is 1.42 bits per heavy atom. The van der Waals surface area contributed by atoms with E-state index in [4.69, 9.17) is 5.26 Å². The van der Waals surface area contributed by atoms with E-state index in [-0.39, 0.29) is 11.7 Å². The fourth-order valence-corrected chi connectivity index (χ4v) is 4.08. The lowest BCUT2D eigenvalue weighted by Gasteiger charge is -2.08. The van der Waals surface area contributed by atoms with Crippen LogP contribution in [0.25, 0.3) is 0 Å². The highest BCUT2D eigenvalue weighted by molar-refractivity contribution is 7.99.